The quantitative estimate of drug-likeness (QED) is 0.840. The van der Waals surface area contributed by atoms with Gasteiger partial charge < -0.3 is 5.32 Å². The van der Waals surface area contributed by atoms with Crippen LogP contribution >= 0.6 is 11.6 Å². The summed E-state index contributed by atoms with van der Waals surface area (Å²) in [4.78, 5) is 0. The van der Waals surface area contributed by atoms with Crippen LogP contribution < -0.4 is 10.0 Å². The predicted molar refractivity (Wildman–Crippen MR) is 91.6 cm³/mol. The number of anilines is 1. The zero-order chi connectivity index (χ0) is 16.9. The molecule has 0 aromatic heterocycles. The highest BCUT2D eigenvalue weighted by molar-refractivity contribution is 7.88. The second-order valence-electron chi connectivity index (χ2n) is 4.93. The van der Waals surface area contributed by atoms with Gasteiger partial charge in [0.15, 0.2) is 0 Å². The van der Waals surface area contributed by atoms with Crippen molar-refractivity contribution in [2.24, 2.45) is 0 Å². The minimum absolute atomic E-state index is 0.0486. The van der Waals surface area contributed by atoms with Gasteiger partial charge in [0.25, 0.3) is 0 Å². The van der Waals surface area contributed by atoms with Gasteiger partial charge in [-0.2, -0.15) is 5.26 Å². The summed E-state index contributed by atoms with van der Waals surface area (Å²) < 4.78 is 25.3. The summed E-state index contributed by atoms with van der Waals surface area (Å²) in [5, 5.41) is 12.8. The van der Waals surface area contributed by atoms with Gasteiger partial charge in [-0.25, -0.2) is 13.1 Å². The minimum atomic E-state index is -3.27. The lowest BCUT2D eigenvalue weighted by molar-refractivity contribution is 0.587. The highest BCUT2D eigenvalue weighted by atomic mass is 35.5. The van der Waals surface area contributed by atoms with Crippen LogP contribution in [0.25, 0.3) is 0 Å². The fraction of sp³-hybridized carbons (Fsp3) is 0.188. The molecule has 0 radical (unpaired) electrons. The maximum Gasteiger partial charge on any atom is 0.215 e. The fourth-order valence-electron chi connectivity index (χ4n) is 2.01. The smallest absolute Gasteiger partial charge is 0.215 e. The third-order valence-corrected chi connectivity index (χ3v) is 4.85. The van der Waals surface area contributed by atoms with E-state index < -0.39 is 10.0 Å². The summed E-state index contributed by atoms with van der Waals surface area (Å²) >= 11 is 5.86. The Labute approximate surface area is 141 Å². The van der Waals surface area contributed by atoms with Crippen molar-refractivity contribution in [3.8, 4) is 6.07 Å². The molecule has 23 heavy (non-hydrogen) atoms. The number of nitrogens with one attached hydrogen (secondary N) is 2. The number of benzene rings is 2. The first kappa shape index (κ1) is 17.3. The molecule has 0 heterocycles. The van der Waals surface area contributed by atoms with Crippen molar-refractivity contribution in [3.05, 3.63) is 64.2 Å². The van der Waals surface area contributed by atoms with E-state index in [9.17, 15) is 8.42 Å². The van der Waals surface area contributed by atoms with Gasteiger partial charge in [0, 0.05) is 11.6 Å². The van der Waals surface area contributed by atoms with Gasteiger partial charge >= 0.3 is 0 Å². The molecule has 0 amide bonds. The van der Waals surface area contributed by atoms with Crippen LogP contribution in [-0.2, 0) is 22.3 Å². The molecule has 0 saturated heterocycles. The molecule has 0 bridgehead atoms. The Morgan fingerprint density at radius 1 is 1.13 bits per heavy atom. The zero-order valence-electron chi connectivity index (χ0n) is 12.5. The second kappa shape index (κ2) is 7.47. The lowest BCUT2D eigenvalue weighted by atomic mass is 10.1. The first-order chi connectivity index (χ1) is 10.9. The molecule has 120 valence electrons. The molecule has 0 spiro atoms. The van der Waals surface area contributed by atoms with Crippen molar-refractivity contribution < 1.29 is 8.42 Å². The lowest BCUT2D eigenvalue weighted by Crippen LogP contribution is -2.20. The van der Waals surface area contributed by atoms with Crippen molar-refractivity contribution in [2.45, 2.75) is 12.3 Å². The number of nitrogens with zero attached hydrogens (tertiary/aromatic N) is 1. The zero-order valence-corrected chi connectivity index (χ0v) is 14.1. The van der Waals surface area contributed by atoms with Crippen LogP contribution in [0, 0.1) is 11.3 Å². The third-order valence-electron chi connectivity index (χ3n) is 3.28. The molecule has 0 atom stereocenters. The molecular weight excluding hydrogens is 334 g/mol. The lowest BCUT2D eigenvalue weighted by Gasteiger charge is -2.09. The highest BCUT2D eigenvalue weighted by Gasteiger charge is 2.08. The number of hydrogen-bond donors (Lipinski definition) is 2. The van der Waals surface area contributed by atoms with E-state index in [0.29, 0.717) is 28.4 Å². The molecule has 5 nitrogen and oxygen atoms in total. The van der Waals surface area contributed by atoms with E-state index >= 15 is 0 Å². The van der Waals surface area contributed by atoms with E-state index in [-0.39, 0.29) is 5.75 Å². The number of nitriles is 1. The van der Waals surface area contributed by atoms with E-state index in [1.807, 2.05) is 12.1 Å². The van der Waals surface area contributed by atoms with Crippen molar-refractivity contribution in [1.82, 2.24) is 4.72 Å². The molecule has 0 aliphatic carbocycles. The summed E-state index contributed by atoms with van der Waals surface area (Å²) in [7, 11) is -1.87. The average Bonchev–Trinajstić information content (AvgIpc) is 2.54. The molecule has 0 aliphatic rings. The average molecular weight is 350 g/mol. The Morgan fingerprint density at radius 2 is 1.78 bits per heavy atom. The van der Waals surface area contributed by atoms with Gasteiger partial charge in [0.1, 0.15) is 6.07 Å². The molecule has 2 N–H and O–H groups in total. The standard InChI is InChI=1S/C16H16ClN3O2S/c1-19-23(21,22)11-13-4-2-12(3-5-13)10-20-16-7-6-15(17)8-14(16)9-18/h2-8,19-20H,10-11H2,1H3. The van der Waals surface area contributed by atoms with E-state index in [1.54, 1.807) is 30.3 Å². The Bertz CT molecular complexity index is 827. The third kappa shape index (κ3) is 4.96. The van der Waals surface area contributed by atoms with Crippen molar-refractivity contribution in [1.29, 1.82) is 5.26 Å². The monoisotopic (exact) mass is 349 g/mol. The Hall–Kier alpha value is -2.07. The Kier molecular flexibility index (Phi) is 5.61. The van der Waals surface area contributed by atoms with E-state index in [2.05, 4.69) is 16.1 Å². The van der Waals surface area contributed by atoms with Crippen LogP contribution in [0.4, 0.5) is 5.69 Å². The number of halogens is 1. The minimum Gasteiger partial charge on any atom is -0.380 e. The maximum absolute atomic E-state index is 11.5. The summed E-state index contributed by atoms with van der Waals surface area (Å²) in [5.74, 6) is -0.0486. The van der Waals surface area contributed by atoms with Gasteiger partial charge in [-0.05, 0) is 36.4 Å². The fourth-order valence-corrected chi connectivity index (χ4v) is 2.95. The number of rotatable bonds is 6. The summed E-state index contributed by atoms with van der Waals surface area (Å²) in [6.45, 7) is 0.523. The van der Waals surface area contributed by atoms with Crippen molar-refractivity contribution >= 4 is 27.3 Å². The van der Waals surface area contributed by atoms with Crippen LogP contribution in [0.15, 0.2) is 42.5 Å². The van der Waals surface area contributed by atoms with Gasteiger partial charge in [0.05, 0.1) is 17.0 Å². The second-order valence-corrected chi connectivity index (χ2v) is 7.30. The molecular formula is C16H16ClN3O2S. The predicted octanol–water partition coefficient (Wildman–Crippen LogP) is 2.87. The molecule has 7 heteroatoms. The molecule has 0 unspecified atom stereocenters. The van der Waals surface area contributed by atoms with Crippen LogP contribution in [-0.4, -0.2) is 15.5 Å². The van der Waals surface area contributed by atoms with Gasteiger partial charge in [-0.1, -0.05) is 35.9 Å². The molecule has 0 fully saturated rings. The highest BCUT2D eigenvalue weighted by Crippen LogP contribution is 2.20. The first-order valence-electron chi connectivity index (χ1n) is 6.86. The molecule has 2 rings (SSSR count). The van der Waals surface area contributed by atoms with Crippen molar-refractivity contribution in [3.63, 3.8) is 0 Å². The SMILES string of the molecule is CNS(=O)(=O)Cc1ccc(CNc2ccc(Cl)cc2C#N)cc1. The Morgan fingerprint density at radius 3 is 2.39 bits per heavy atom. The van der Waals surface area contributed by atoms with Gasteiger partial charge in [0.2, 0.25) is 10.0 Å². The van der Waals surface area contributed by atoms with Crippen molar-refractivity contribution in [2.75, 3.05) is 12.4 Å². The van der Waals surface area contributed by atoms with Gasteiger partial charge in [-0.15, -0.1) is 0 Å². The van der Waals surface area contributed by atoms with Crippen LogP contribution in [0.5, 0.6) is 0 Å². The number of hydrogen-bond acceptors (Lipinski definition) is 4. The number of sulfonamides is 1. The van der Waals surface area contributed by atoms with E-state index in [1.165, 1.54) is 7.05 Å². The topological polar surface area (TPSA) is 82.0 Å². The molecule has 2 aromatic rings. The largest absolute Gasteiger partial charge is 0.380 e. The van der Waals surface area contributed by atoms with E-state index in [0.717, 1.165) is 5.56 Å². The molecule has 2 aromatic carbocycles. The van der Waals surface area contributed by atoms with Crippen LogP contribution in [0.1, 0.15) is 16.7 Å². The van der Waals surface area contributed by atoms with Crippen LogP contribution in [0.3, 0.4) is 0 Å². The summed E-state index contributed by atoms with van der Waals surface area (Å²) in [5.41, 5.74) is 2.88. The Balaban J connectivity index is 2.04. The normalized spacial score (nSPS) is 11.0. The molecule has 0 saturated carbocycles. The summed E-state index contributed by atoms with van der Waals surface area (Å²) in [6, 6.07) is 14.4. The maximum atomic E-state index is 11.5. The molecule has 0 aliphatic heterocycles. The first-order valence-corrected chi connectivity index (χ1v) is 8.89. The van der Waals surface area contributed by atoms with Gasteiger partial charge in [-0.3, -0.25) is 0 Å². The van der Waals surface area contributed by atoms with E-state index in [4.69, 9.17) is 16.9 Å². The van der Waals surface area contributed by atoms with Crippen LogP contribution in [0.2, 0.25) is 5.02 Å². The summed E-state index contributed by atoms with van der Waals surface area (Å²) in [6.07, 6.45) is 0.